The lowest BCUT2D eigenvalue weighted by Gasteiger charge is -2.26. The predicted octanol–water partition coefficient (Wildman–Crippen LogP) is 4.14. The van der Waals surface area contributed by atoms with Crippen LogP contribution >= 0.6 is 0 Å². The molecule has 2 aromatic carbocycles. The Kier molecular flexibility index (Phi) is 8.72. The van der Waals surface area contributed by atoms with Crippen LogP contribution in [0.15, 0.2) is 59.5 Å². The van der Waals surface area contributed by atoms with Crippen LogP contribution in [0.3, 0.4) is 0 Å². The SMILES string of the molecule is CC(C)CN(CC(C)C)C(=O)COC(=O)/C=C/c1ccc(S(=O)(=O)N2CCc3ccccc32)cc1. The van der Waals surface area contributed by atoms with Crippen LogP contribution in [0.5, 0.6) is 0 Å². The first-order chi connectivity index (χ1) is 16.6. The molecule has 0 saturated carbocycles. The quantitative estimate of drug-likeness (QED) is 0.363. The van der Waals surface area contributed by atoms with E-state index in [1.807, 2.05) is 52.0 Å². The van der Waals surface area contributed by atoms with Crippen LogP contribution in [0.4, 0.5) is 5.69 Å². The number of ether oxygens (including phenoxy) is 1. The maximum atomic E-state index is 13.1. The third-order valence-corrected chi connectivity index (χ3v) is 7.41. The van der Waals surface area contributed by atoms with Crippen LogP contribution in [0.1, 0.15) is 38.8 Å². The third kappa shape index (κ3) is 6.94. The Hall–Kier alpha value is -3.13. The van der Waals surface area contributed by atoms with E-state index in [9.17, 15) is 18.0 Å². The molecule has 8 heteroatoms. The smallest absolute Gasteiger partial charge is 0.331 e. The van der Waals surface area contributed by atoms with Gasteiger partial charge in [0, 0.05) is 25.7 Å². The molecular formula is C27H34N2O5S. The first kappa shape index (κ1) is 26.5. The fourth-order valence-electron chi connectivity index (χ4n) is 4.03. The van der Waals surface area contributed by atoms with Crippen LogP contribution < -0.4 is 4.31 Å². The minimum absolute atomic E-state index is 0.190. The van der Waals surface area contributed by atoms with Crippen molar-refractivity contribution >= 4 is 33.7 Å². The summed E-state index contributed by atoms with van der Waals surface area (Å²) < 4.78 is 32.8. The summed E-state index contributed by atoms with van der Waals surface area (Å²) in [6.07, 6.45) is 3.46. The van der Waals surface area contributed by atoms with Crippen LogP contribution in [0.2, 0.25) is 0 Å². The summed E-state index contributed by atoms with van der Waals surface area (Å²) in [6.45, 7) is 9.49. The minimum atomic E-state index is -3.67. The molecule has 1 aliphatic rings. The molecule has 0 bridgehead atoms. The number of para-hydroxylation sites is 1. The van der Waals surface area contributed by atoms with Gasteiger partial charge in [-0.3, -0.25) is 9.10 Å². The van der Waals surface area contributed by atoms with E-state index < -0.39 is 16.0 Å². The van der Waals surface area contributed by atoms with Crippen molar-refractivity contribution in [3.05, 3.63) is 65.7 Å². The number of carbonyl (C=O) groups excluding carboxylic acids is 2. The van der Waals surface area contributed by atoms with E-state index in [0.29, 0.717) is 49.1 Å². The predicted molar refractivity (Wildman–Crippen MR) is 137 cm³/mol. The fraction of sp³-hybridized carbons (Fsp3) is 0.407. The van der Waals surface area contributed by atoms with Crippen molar-refractivity contribution < 1.29 is 22.7 Å². The molecule has 7 nitrogen and oxygen atoms in total. The minimum Gasteiger partial charge on any atom is -0.452 e. The normalized spacial score (nSPS) is 13.5. The van der Waals surface area contributed by atoms with Crippen molar-refractivity contribution in [2.75, 3.05) is 30.5 Å². The average Bonchev–Trinajstić information content (AvgIpc) is 3.25. The lowest BCUT2D eigenvalue weighted by molar-refractivity contribution is -0.148. The molecule has 0 saturated heterocycles. The van der Waals surface area contributed by atoms with E-state index >= 15 is 0 Å². The highest BCUT2D eigenvalue weighted by molar-refractivity contribution is 7.92. The van der Waals surface area contributed by atoms with E-state index in [-0.39, 0.29) is 17.4 Å². The molecule has 1 aliphatic heterocycles. The number of amides is 1. The van der Waals surface area contributed by atoms with Gasteiger partial charge < -0.3 is 9.64 Å². The molecule has 0 spiro atoms. The zero-order valence-corrected chi connectivity index (χ0v) is 21.6. The number of hydrogen-bond acceptors (Lipinski definition) is 5. The lowest BCUT2D eigenvalue weighted by Crippen LogP contribution is -2.39. The van der Waals surface area contributed by atoms with Gasteiger partial charge in [-0.15, -0.1) is 0 Å². The van der Waals surface area contributed by atoms with Gasteiger partial charge >= 0.3 is 5.97 Å². The van der Waals surface area contributed by atoms with Crippen molar-refractivity contribution in [1.29, 1.82) is 0 Å². The maximum absolute atomic E-state index is 13.1. The Balaban J connectivity index is 1.58. The molecule has 3 rings (SSSR count). The van der Waals surface area contributed by atoms with Crippen molar-refractivity contribution in [3.8, 4) is 0 Å². The molecule has 0 atom stereocenters. The summed E-state index contributed by atoms with van der Waals surface area (Å²) in [4.78, 5) is 26.5. The Labute approximate surface area is 208 Å². The van der Waals surface area contributed by atoms with Gasteiger partial charge in [0.25, 0.3) is 15.9 Å². The van der Waals surface area contributed by atoms with Crippen LogP contribution in [-0.4, -0.2) is 51.4 Å². The zero-order chi connectivity index (χ0) is 25.6. The Morgan fingerprint density at radius 2 is 1.63 bits per heavy atom. The molecule has 188 valence electrons. The molecule has 1 amide bonds. The van der Waals surface area contributed by atoms with E-state index in [0.717, 1.165) is 5.56 Å². The number of hydrogen-bond donors (Lipinski definition) is 0. The highest BCUT2D eigenvalue weighted by Crippen LogP contribution is 2.32. The van der Waals surface area contributed by atoms with Crippen molar-refractivity contribution in [2.24, 2.45) is 11.8 Å². The van der Waals surface area contributed by atoms with Gasteiger partial charge in [-0.1, -0.05) is 58.0 Å². The Bertz CT molecular complexity index is 1160. The second-order valence-corrected chi connectivity index (χ2v) is 11.4. The van der Waals surface area contributed by atoms with Crippen LogP contribution in [-0.2, 0) is 30.8 Å². The largest absolute Gasteiger partial charge is 0.452 e. The number of nitrogens with zero attached hydrogens (tertiary/aromatic N) is 2. The van der Waals surface area contributed by atoms with Gasteiger partial charge in [0.05, 0.1) is 10.6 Å². The molecule has 2 aromatic rings. The zero-order valence-electron chi connectivity index (χ0n) is 20.8. The van der Waals surface area contributed by atoms with Crippen molar-refractivity contribution in [1.82, 2.24) is 4.90 Å². The highest BCUT2D eigenvalue weighted by atomic mass is 32.2. The molecule has 1 heterocycles. The summed E-state index contributed by atoms with van der Waals surface area (Å²) in [5.74, 6) is -0.203. The number of sulfonamides is 1. The monoisotopic (exact) mass is 498 g/mol. The van der Waals surface area contributed by atoms with Gasteiger partial charge in [0.15, 0.2) is 6.61 Å². The number of rotatable bonds is 10. The van der Waals surface area contributed by atoms with Crippen molar-refractivity contribution in [2.45, 2.75) is 39.0 Å². The van der Waals surface area contributed by atoms with E-state index in [1.54, 1.807) is 17.0 Å². The summed E-state index contributed by atoms with van der Waals surface area (Å²) in [5.41, 5.74) is 2.38. The van der Waals surface area contributed by atoms with Gasteiger partial charge in [-0.2, -0.15) is 0 Å². The van der Waals surface area contributed by atoms with Crippen molar-refractivity contribution in [3.63, 3.8) is 0 Å². The van der Waals surface area contributed by atoms with Gasteiger partial charge in [-0.25, -0.2) is 13.2 Å². The van der Waals surface area contributed by atoms with Gasteiger partial charge in [0.1, 0.15) is 0 Å². The van der Waals surface area contributed by atoms with E-state index in [1.165, 1.54) is 28.6 Å². The number of fused-ring (bicyclic) bond motifs is 1. The molecule has 0 fully saturated rings. The number of anilines is 1. The lowest BCUT2D eigenvalue weighted by atomic mass is 10.1. The third-order valence-electron chi connectivity index (χ3n) is 5.59. The van der Waals surface area contributed by atoms with Crippen LogP contribution in [0.25, 0.3) is 6.08 Å². The molecule has 35 heavy (non-hydrogen) atoms. The molecule has 0 N–H and O–H groups in total. The Morgan fingerprint density at radius 1 is 1.00 bits per heavy atom. The topological polar surface area (TPSA) is 84.0 Å². The number of benzene rings is 2. The van der Waals surface area contributed by atoms with Gasteiger partial charge in [-0.05, 0) is 53.7 Å². The first-order valence-corrected chi connectivity index (χ1v) is 13.3. The molecule has 0 aromatic heterocycles. The highest BCUT2D eigenvalue weighted by Gasteiger charge is 2.30. The fourth-order valence-corrected chi connectivity index (χ4v) is 5.54. The van der Waals surface area contributed by atoms with Crippen LogP contribution in [0, 0.1) is 11.8 Å². The summed E-state index contributed by atoms with van der Waals surface area (Å²) in [7, 11) is -3.67. The second kappa shape index (κ2) is 11.5. The molecule has 0 unspecified atom stereocenters. The average molecular weight is 499 g/mol. The molecule has 0 radical (unpaired) electrons. The van der Waals surface area contributed by atoms with E-state index in [2.05, 4.69) is 0 Å². The summed E-state index contributed by atoms with van der Waals surface area (Å²) >= 11 is 0. The second-order valence-electron chi connectivity index (χ2n) is 9.55. The Morgan fingerprint density at radius 3 is 2.26 bits per heavy atom. The maximum Gasteiger partial charge on any atom is 0.331 e. The summed E-state index contributed by atoms with van der Waals surface area (Å²) in [5, 5.41) is 0. The summed E-state index contributed by atoms with van der Waals surface area (Å²) in [6, 6.07) is 13.8. The molecular weight excluding hydrogens is 464 g/mol. The standard InChI is InChI=1S/C27H34N2O5S/c1-20(2)17-28(18-21(3)4)26(30)19-34-27(31)14-11-22-9-12-24(13-10-22)35(32,33)29-16-15-23-7-5-6-8-25(23)29/h5-14,20-21H,15-19H2,1-4H3/b14-11+. The molecule has 0 aliphatic carbocycles. The number of carbonyl (C=O) groups is 2. The van der Waals surface area contributed by atoms with Gasteiger partial charge in [0.2, 0.25) is 0 Å². The number of esters is 1. The first-order valence-electron chi connectivity index (χ1n) is 11.9. The van der Waals surface area contributed by atoms with E-state index in [4.69, 9.17) is 4.74 Å².